The minimum absolute atomic E-state index is 0.470. The van der Waals surface area contributed by atoms with Crippen LogP contribution in [0.15, 0.2) is 12.1 Å². The Kier molecular flexibility index (Phi) is 7.55. The van der Waals surface area contributed by atoms with Crippen molar-refractivity contribution in [3.63, 3.8) is 0 Å². The zero-order valence-corrected chi connectivity index (χ0v) is 13.4. The number of ether oxygens (including phenoxy) is 2. The van der Waals surface area contributed by atoms with Crippen molar-refractivity contribution >= 4 is 0 Å². The molecule has 0 aromatic carbocycles. The van der Waals surface area contributed by atoms with Crippen LogP contribution in [-0.2, 0) is 11.3 Å². The van der Waals surface area contributed by atoms with Gasteiger partial charge in [0, 0.05) is 31.0 Å². The molecule has 0 amide bonds. The summed E-state index contributed by atoms with van der Waals surface area (Å²) in [6.45, 7) is 13.3. The van der Waals surface area contributed by atoms with E-state index in [0.717, 1.165) is 18.8 Å². The molecule has 0 aliphatic carbocycles. The highest BCUT2D eigenvalue weighted by Gasteiger charge is 2.03. The van der Waals surface area contributed by atoms with E-state index in [-0.39, 0.29) is 0 Å². The molecule has 114 valence electrons. The van der Waals surface area contributed by atoms with Crippen molar-refractivity contribution in [1.29, 1.82) is 0 Å². The van der Waals surface area contributed by atoms with Crippen LogP contribution in [0.2, 0.25) is 0 Å². The van der Waals surface area contributed by atoms with Crippen LogP contribution in [0.5, 0.6) is 5.88 Å². The van der Waals surface area contributed by atoms with E-state index in [0.29, 0.717) is 31.1 Å². The molecule has 0 saturated heterocycles. The minimum Gasteiger partial charge on any atom is -0.475 e. The van der Waals surface area contributed by atoms with Gasteiger partial charge < -0.3 is 14.8 Å². The Morgan fingerprint density at radius 1 is 1.15 bits per heavy atom. The standard InChI is InChI=1S/C16H28N2O2/c1-12(2)11-19-6-7-20-16-9-15(8-14(5)18-16)10-17-13(3)4/h8-9,12-13,17H,6-7,10-11H2,1-5H3. The van der Waals surface area contributed by atoms with Crippen molar-refractivity contribution in [3.05, 3.63) is 23.4 Å². The van der Waals surface area contributed by atoms with Crippen LogP contribution in [0.25, 0.3) is 0 Å². The average molecular weight is 280 g/mol. The molecule has 4 heteroatoms. The molecule has 0 fully saturated rings. The van der Waals surface area contributed by atoms with Gasteiger partial charge in [-0.1, -0.05) is 27.7 Å². The van der Waals surface area contributed by atoms with E-state index in [2.05, 4.69) is 44.1 Å². The van der Waals surface area contributed by atoms with Gasteiger partial charge in [0.05, 0.1) is 6.61 Å². The second-order valence-corrected chi connectivity index (χ2v) is 5.81. The molecule has 0 spiro atoms. The van der Waals surface area contributed by atoms with E-state index in [9.17, 15) is 0 Å². The Hall–Kier alpha value is -1.13. The number of aromatic nitrogens is 1. The monoisotopic (exact) mass is 280 g/mol. The molecule has 0 aliphatic heterocycles. The zero-order chi connectivity index (χ0) is 15.0. The van der Waals surface area contributed by atoms with Gasteiger partial charge >= 0.3 is 0 Å². The fourth-order valence-corrected chi connectivity index (χ4v) is 1.73. The topological polar surface area (TPSA) is 43.4 Å². The van der Waals surface area contributed by atoms with Gasteiger partial charge in [0.25, 0.3) is 0 Å². The van der Waals surface area contributed by atoms with Crippen LogP contribution in [0.3, 0.4) is 0 Å². The first-order valence-electron chi connectivity index (χ1n) is 7.39. The lowest BCUT2D eigenvalue weighted by atomic mass is 10.2. The highest BCUT2D eigenvalue weighted by Crippen LogP contribution is 2.12. The van der Waals surface area contributed by atoms with Crippen LogP contribution in [0.4, 0.5) is 0 Å². The number of rotatable bonds is 9. The zero-order valence-electron chi connectivity index (χ0n) is 13.4. The summed E-state index contributed by atoms with van der Waals surface area (Å²) in [4.78, 5) is 4.39. The summed E-state index contributed by atoms with van der Waals surface area (Å²) < 4.78 is 11.1. The third-order valence-corrected chi connectivity index (χ3v) is 2.63. The molecule has 1 aromatic rings. The van der Waals surface area contributed by atoms with Gasteiger partial charge in [-0.05, 0) is 24.5 Å². The lowest BCUT2D eigenvalue weighted by molar-refractivity contribution is 0.0805. The minimum atomic E-state index is 0.470. The maximum absolute atomic E-state index is 5.65. The van der Waals surface area contributed by atoms with E-state index < -0.39 is 0 Å². The highest BCUT2D eigenvalue weighted by atomic mass is 16.5. The van der Waals surface area contributed by atoms with E-state index in [1.165, 1.54) is 5.56 Å². The third kappa shape index (κ3) is 7.46. The molecule has 0 unspecified atom stereocenters. The van der Waals surface area contributed by atoms with Crippen LogP contribution in [0.1, 0.15) is 39.0 Å². The van der Waals surface area contributed by atoms with Crippen LogP contribution >= 0.6 is 0 Å². The first-order valence-corrected chi connectivity index (χ1v) is 7.39. The Morgan fingerprint density at radius 3 is 2.55 bits per heavy atom. The second-order valence-electron chi connectivity index (χ2n) is 5.81. The van der Waals surface area contributed by atoms with Crippen molar-refractivity contribution in [3.8, 4) is 5.88 Å². The fourth-order valence-electron chi connectivity index (χ4n) is 1.73. The molecule has 0 atom stereocenters. The molecule has 0 bridgehead atoms. The maximum atomic E-state index is 5.65. The lowest BCUT2D eigenvalue weighted by Gasteiger charge is -2.11. The number of pyridine rings is 1. The number of hydrogen-bond acceptors (Lipinski definition) is 4. The Bertz CT molecular complexity index is 392. The van der Waals surface area contributed by atoms with Crippen LogP contribution in [0, 0.1) is 12.8 Å². The molecule has 0 radical (unpaired) electrons. The molecule has 1 N–H and O–H groups in total. The summed E-state index contributed by atoms with van der Waals surface area (Å²) in [7, 11) is 0. The predicted molar refractivity (Wildman–Crippen MR) is 82.1 cm³/mol. The normalized spacial score (nSPS) is 11.3. The lowest BCUT2D eigenvalue weighted by Crippen LogP contribution is -2.22. The second kappa shape index (κ2) is 8.93. The van der Waals surface area contributed by atoms with Crippen molar-refractivity contribution in [2.75, 3.05) is 19.8 Å². The largest absolute Gasteiger partial charge is 0.475 e. The number of aryl methyl sites for hydroxylation is 1. The molecule has 1 rings (SSSR count). The van der Waals surface area contributed by atoms with Crippen molar-refractivity contribution in [2.24, 2.45) is 5.92 Å². The molecular formula is C16H28N2O2. The summed E-state index contributed by atoms with van der Waals surface area (Å²) >= 11 is 0. The summed E-state index contributed by atoms with van der Waals surface area (Å²) in [6.07, 6.45) is 0. The Labute approximate surface area is 122 Å². The van der Waals surface area contributed by atoms with Gasteiger partial charge in [-0.3, -0.25) is 0 Å². The molecular weight excluding hydrogens is 252 g/mol. The fraction of sp³-hybridized carbons (Fsp3) is 0.688. The summed E-state index contributed by atoms with van der Waals surface area (Å²) in [5.41, 5.74) is 2.18. The summed E-state index contributed by atoms with van der Waals surface area (Å²) in [5.74, 6) is 1.24. The summed E-state index contributed by atoms with van der Waals surface area (Å²) in [6, 6.07) is 4.54. The van der Waals surface area contributed by atoms with Gasteiger partial charge in [0.2, 0.25) is 5.88 Å². The number of hydrogen-bond donors (Lipinski definition) is 1. The van der Waals surface area contributed by atoms with E-state index in [1.807, 2.05) is 13.0 Å². The van der Waals surface area contributed by atoms with Gasteiger partial charge in [0.1, 0.15) is 6.61 Å². The van der Waals surface area contributed by atoms with Gasteiger partial charge in [-0.15, -0.1) is 0 Å². The molecule has 20 heavy (non-hydrogen) atoms. The maximum Gasteiger partial charge on any atom is 0.213 e. The predicted octanol–water partition coefficient (Wildman–Crippen LogP) is 2.94. The summed E-state index contributed by atoms with van der Waals surface area (Å²) in [5, 5.41) is 3.40. The van der Waals surface area contributed by atoms with Crippen LogP contribution < -0.4 is 10.1 Å². The highest BCUT2D eigenvalue weighted by molar-refractivity contribution is 5.24. The Morgan fingerprint density at radius 2 is 1.90 bits per heavy atom. The van der Waals surface area contributed by atoms with Crippen molar-refractivity contribution in [2.45, 2.75) is 47.2 Å². The molecule has 1 aromatic heterocycles. The van der Waals surface area contributed by atoms with Crippen molar-refractivity contribution < 1.29 is 9.47 Å². The quantitative estimate of drug-likeness (QED) is 0.706. The van der Waals surface area contributed by atoms with Crippen molar-refractivity contribution in [1.82, 2.24) is 10.3 Å². The third-order valence-electron chi connectivity index (χ3n) is 2.63. The van der Waals surface area contributed by atoms with Crippen LogP contribution in [-0.4, -0.2) is 30.8 Å². The number of nitrogens with one attached hydrogen (secondary N) is 1. The molecule has 1 heterocycles. The first kappa shape index (κ1) is 16.9. The molecule has 0 saturated carbocycles. The van der Waals surface area contributed by atoms with E-state index >= 15 is 0 Å². The first-order chi connectivity index (χ1) is 9.47. The average Bonchev–Trinajstić information content (AvgIpc) is 2.35. The van der Waals surface area contributed by atoms with Gasteiger partial charge in [-0.2, -0.15) is 0 Å². The van der Waals surface area contributed by atoms with E-state index in [4.69, 9.17) is 9.47 Å². The SMILES string of the molecule is Cc1cc(CNC(C)C)cc(OCCOCC(C)C)n1. The molecule has 4 nitrogen and oxygen atoms in total. The molecule has 0 aliphatic rings. The van der Waals surface area contributed by atoms with E-state index in [1.54, 1.807) is 0 Å². The smallest absolute Gasteiger partial charge is 0.213 e. The van der Waals surface area contributed by atoms with Gasteiger partial charge in [-0.25, -0.2) is 4.98 Å². The van der Waals surface area contributed by atoms with Gasteiger partial charge in [0.15, 0.2) is 0 Å². The Balaban J connectivity index is 2.41. The number of nitrogens with zero attached hydrogens (tertiary/aromatic N) is 1.